The maximum absolute atomic E-state index is 12.7. The number of benzene rings is 2. The SMILES string of the molecule is COc1ccc(CCN(C)c2cc(C)nc(SCc3ccc(C(=O)N4CCOCC4)cc3)n2)cc1OC. The number of carbonyl (C=O) groups is 1. The predicted molar refractivity (Wildman–Crippen MR) is 146 cm³/mol. The van der Waals surface area contributed by atoms with Gasteiger partial charge in [0.1, 0.15) is 5.82 Å². The van der Waals surface area contributed by atoms with Crippen LogP contribution in [0.3, 0.4) is 0 Å². The van der Waals surface area contributed by atoms with Crippen molar-refractivity contribution in [3.05, 3.63) is 70.9 Å². The number of methoxy groups -OCH3 is 2. The molecule has 1 saturated heterocycles. The first-order chi connectivity index (χ1) is 18.0. The normalized spacial score (nSPS) is 13.4. The fourth-order valence-corrected chi connectivity index (χ4v) is 4.93. The molecule has 0 N–H and O–H groups in total. The number of hydrogen-bond acceptors (Lipinski definition) is 8. The van der Waals surface area contributed by atoms with E-state index in [9.17, 15) is 4.79 Å². The number of likely N-dealkylation sites (N-methyl/N-ethyl adjacent to an activating group) is 1. The molecule has 1 aliphatic rings. The Hall–Kier alpha value is -3.30. The third kappa shape index (κ3) is 7.14. The van der Waals surface area contributed by atoms with Crippen LogP contribution in [0.15, 0.2) is 53.7 Å². The maximum atomic E-state index is 12.7. The van der Waals surface area contributed by atoms with Crippen molar-refractivity contribution in [2.75, 3.05) is 59.0 Å². The van der Waals surface area contributed by atoms with Gasteiger partial charge < -0.3 is 24.0 Å². The predicted octanol–water partition coefficient (Wildman–Crippen LogP) is 4.25. The Labute approximate surface area is 223 Å². The molecule has 1 fully saturated rings. The summed E-state index contributed by atoms with van der Waals surface area (Å²) < 4.78 is 16.1. The van der Waals surface area contributed by atoms with Crippen LogP contribution in [0, 0.1) is 6.92 Å². The second kappa shape index (κ2) is 12.8. The fourth-order valence-electron chi connectivity index (χ4n) is 4.07. The highest BCUT2D eigenvalue weighted by Crippen LogP contribution is 2.28. The summed E-state index contributed by atoms with van der Waals surface area (Å²) in [6.45, 7) is 5.28. The number of carbonyl (C=O) groups excluding carboxylic acids is 1. The molecule has 196 valence electrons. The number of aryl methyl sites for hydroxylation is 1. The van der Waals surface area contributed by atoms with Crippen molar-refractivity contribution < 1.29 is 19.0 Å². The number of aromatic nitrogens is 2. The smallest absolute Gasteiger partial charge is 0.254 e. The highest BCUT2D eigenvalue weighted by molar-refractivity contribution is 7.98. The Kier molecular flexibility index (Phi) is 9.24. The van der Waals surface area contributed by atoms with Crippen molar-refractivity contribution in [1.82, 2.24) is 14.9 Å². The number of anilines is 1. The fraction of sp³-hybridized carbons (Fsp3) is 0.393. The molecule has 0 atom stereocenters. The largest absolute Gasteiger partial charge is 0.493 e. The first-order valence-electron chi connectivity index (χ1n) is 12.3. The van der Waals surface area contributed by atoms with E-state index in [1.165, 1.54) is 5.56 Å². The Morgan fingerprint density at radius 3 is 2.41 bits per heavy atom. The number of nitrogens with zero attached hydrogens (tertiary/aromatic N) is 4. The van der Waals surface area contributed by atoms with E-state index in [1.807, 2.05) is 61.3 Å². The van der Waals surface area contributed by atoms with Gasteiger partial charge in [-0.15, -0.1) is 0 Å². The lowest BCUT2D eigenvalue weighted by Crippen LogP contribution is -2.40. The molecule has 8 nitrogen and oxygen atoms in total. The van der Waals surface area contributed by atoms with Crippen molar-refractivity contribution in [3.63, 3.8) is 0 Å². The van der Waals surface area contributed by atoms with Gasteiger partial charge in [0.15, 0.2) is 16.7 Å². The topological polar surface area (TPSA) is 77.0 Å². The molecule has 3 aromatic rings. The van der Waals surface area contributed by atoms with Crippen molar-refractivity contribution in [3.8, 4) is 11.5 Å². The first kappa shape index (κ1) is 26.8. The van der Waals surface area contributed by atoms with Gasteiger partial charge in [0.05, 0.1) is 27.4 Å². The lowest BCUT2D eigenvalue weighted by molar-refractivity contribution is 0.0303. The van der Waals surface area contributed by atoms with Gasteiger partial charge in [0.25, 0.3) is 5.91 Å². The molecule has 4 rings (SSSR count). The third-order valence-electron chi connectivity index (χ3n) is 6.26. The summed E-state index contributed by atoms with van der Waals surface area (Å²) in [6, 6.07) is 15.8. The minimum atomic E-state index is 0.0604. The van der Waals surface area contributed by atoms with Gasteiger partial charge in [0.2, 0.25) is 0 Å². The van der Waals surface area contributed by atoms with E-state index in [0.29, 0.717) is 31.9 Å². The number of amides is 1. The van der Waals surface area contributed by atoms with Crippen LogP contribution >= 0.6 is 11.8 Å². The first-order valence-corrected chi connectivity index (χ1v) is 13.3. The summed E-state index contributed by atoms with van der Waals surface area (Å²) >= 11 is 1.59. The zero-order valence-corrected chi connectivity index (χ0v) is 22.7. The molecule has 0 unspecified atom stereocenters. The second-order valence-electron chi connectivity index (χ2n) is 8.90. The van der Waals surface area contributed by atoms with Gasteiger partial charge in [-0.05, 0) is 48.7 Å². The molecule has 0 bridgehead atoms. The molecule has 0 saturated carbocycles. The third-order valence-corrected chi connectivity index (χ3v) is 7.18. The molecule has 0 aliphatic carbocycles. The van der Waals surface area contributed by atoms with Crippen LogP contribution in [0.2, 0.25) is 0 Å². The standard InChI is InChI=1S/C28H34N4O4S/c1-20-17-26(31(2)12-11-21-7-10-24(34-3)25(18-21)35-4)30-28(29-20)37-19-22-5-8-23(9-6-22)27(33)32-13-15-36-16-14-32/h5-10,17-18H,11-16,19H2,1-4H3. The van der Waals surface area contributed by atoms with E-state index >= 15 is 0 Å². The van der Waals surface area contributed by atoms with E-state index in [2.05, 4.69) is 16.0 Å². The molecule has 0 spiro atoms. The van der Waals surface area contributed by atoms with Crippen molar-refractivity contribution in [2.45, 2.75) is 24.3 Å². The molecule has 37 heavy (non-hydrogen) atoms. The highest BCUT2D eigenvalue weighted by atomic mass is 32.2. The number of ether oxygens (including phenoxy) is 3. The van der Waals surface area contributed by atoms with E-state index in [0.717, 1.165) is 52.4 Å². The average Bonchev–Trinajstić information content (AvgIpc) is 2.94. The van der Waals surface area contributed by atoms with E-state index in [4.69, 9.17) is 19.2 Å². The van der Waals surface area contributed by atoms with Gasteiger partial charge in [-0.25, -0.2) is 9.97 Å². The van der Waals surface area contributed by atoms with E-state index in [-0.39, 0.29) is 5.91 Å². The van der Waals surface area contributed by atoms with Crippen LogP contribution in [0.25, 0.3) is 0 Å². The van der Waals surface area contributed by atoms with Crippen LogP contribution < -0.4 is 14.4 Å². The molecule has 2 heterocycles. The van der Waals surface area contributed by atoms with Crippen LogP contribution in [-0.4, -0.2) is 74.9 Å². The minimum Gasteiger partial charge on any atom is -0.493 e. The Balaban J connectivity index is 1.34. The lowest BCUT2D eigenvalue weighted by atomic mass is 10.1. The molecule has 0 radical (unpaired) electrons. The van der Waals surface area contributed by atoms with E-state index < -0.39 is 0 Å². The zero-order valence-electron chi connectivity index (χ0n) is 21.9. The molecule has 1 aromatic heterocycles. The Morgan fingerprint density at radius 1 is 1.00 bits per heavy atom. The van der Waals surface area contributed by atoms with Crippen LogP contribution in [0.5, 0.6) is 11.5 Å². The number of rotatable bonds is 10. The quantitative estimate of drug-likeness (QED) is 0.289. The van der Waals surface area contributed by atoms with Gasteiger partial charge in [-0.3, -0.25) is 4.79 Å². The molecule has 1 aliphatic heterocycles. The number of thioether (sulfide) groups is 1. The molecule has 9 heteroatoms. The van der Waals surface area contributed by atoms with Gasteiger partial charge >= 0.3 is 0 Å². The van der Waals surface area contributed by atoms with Crippen molar-refractivity contribution in [1.29, 1.82) is 0 Å². The van der Waals surface area contributed by atoms with Crippen LogP contribution in [-0.2, 0) is 16.9 Å². The average molecular weight is 523 g/mol. The summed E-state index contributed by atoms with van der Waals surface area (Å²) in [5, 5.41) is 0.737. The Bertz CT molecular complexity index is 1200. The zero-order chi connectivity index (χ0) is 26.2. The lowest BCUT2D eigenvalue weighted by Gasteiger charge is -2.26. The molecular formula is C28H34N4O4S. The van der Waals surface area contributed by atoms with Gasteiger partial charge in [-0.2, -0.15) is 0 Å². The molecule has 1 amide bonds. The number of morpholine rings is 1. The summed E-state index contributed by atoms with van der Waals surface area (Å²) in [6.07, 6.45) is 0.845. The van der Waals surface area contributed by atoms with E-state index in [1.54, 1.807) is 26.0 Å². The van der Waals surface area contributed by atoms with Crippen molar-refractivity contribution in [2.24, 2.45) is 0 Å². The van der Waals surface area contributed by atoms with Gasteiger partial charge in [0, 0.05) is 49.8 Å². The summed E-state index contributed by atoms with van der Waals surface area (Å²) in [5.74, 6) is 3.14. The summed E-state index contributed by atoms with van der Waals surface area (Å²) in [4.78, 5) is 26.1. The summed E-state index contributed by atoms with van der Waals surface area (Å²) in [7, 11) is 5.33. The Morgan fingerprint density at radius 2 is 1.70 bits per heavy atom. The maximum Gasteiger partial charge on any atom is 0.254 e. The molecular weight excluding hydrogens is 488 g/mol. The highest BCUT2D eigenvalue weighted by Gasteiger charge is 2.18. The number of hydrogen-bond donors (Lipinski definition) is 0. The van der Waals surface area contributed by atoms with Crippen LogP contribution in [0.1, 0.15) is 27.2 Å². The minimum absolute atomic E-state index is 0.0604. The molecule has 2 aromatic carbocycles. The monoisotopic (exact) mass is 522 g/mol. The summed E-state index contributed by atoms with van der Waals surface area (Å²) in [5.41, 5.74) is 3.93. The van der Waals surface area contributed by atoms with Gasteiger partial charge in [-0.1, -0.05) is 30.0 Å². The van der Waals surface area contributed by atoms with Crippen molar-refractivity contribution >= 4 is 23.5 Å². The van der Waals surface area contributed by atoms with Crippen LogP contribution in [0.4, 0.5) is 5.82 Å². The second-order valence-corrected chi connectivity index (χ2v) is 9.84.